The van der Waals surface area contributed by atoms with Crippen LogP contribution in [0.3, 0.4) is 0 Å². The largest absolute Gasteiger partial charge is 0.311 e. The second-order valence-corrected chi connectivity index (χ2v) is 14.7. The molecule has 264 valence electrons. The Morgan fingerprint density at radius 1 is 0.321 bits per heavy atom. The predicted octanol–water partition coefficient (Wildman–Crippen LogP) is 14.0. The molecule has 0 N–H and O–H groups in total. The van der Waals surface area contributed by atoms with E-state index in [0.29, 0.717) is 17.5 Å². The van der Waals surface area contributed by atoms with Crippen LogP contribution in [0.1, 0.15) is 0 Å². The van der Waals surface area contributed by atoms with Gasteiger partial charge in [0.05, 0.1) is 0 Å². The lowest BCUT2D eigenvalue weighted by molar-refractivity contribution is 1.08. The Morgan fingerprint density at radius 2 is 0.750 bits per heavy atom. The zero-order valence-corrected chi connectivity index (χ0v) is 31.1. The first-order valence-electron chi connectivity index (χ1n) is 18.7. The molecule has 10 aromatic rings. The van der Waals surface area contributed by atoms with Gasteiger partial charge in [0.15, 0.2) is 17.5 Å². The second kappa shape index (κ2) is 14.6. The highest BCUT2D eigenvalue weighted by Gasteiger charge is 2.20. The summed E-state index contributed by atoms with van der Waals surface area (Å²) in [6.07, 6.45) is 0. The van der Waals surface area contributed by atoms with E-state index in [1.165, 1.54) is 31.5 Å². The summed E-state index contributed by atoms with van der Waals surface area (Å²) >= 11 is 1.82. The molecule has 0 aliphatic rings. The van der Waals surface area contributed by atoms with Crippen LogP contribution in [0.5, 0.6) is 0 Å². The first kappa shape index (κ1) is 33.4. The van der Waals surface area contributed by atoms with Crippen molar-refractivity contribution in [3.63, 3.8) is 0 Å². The van der Waals surface area contributed by atoms with E-state index >= 15 is 0 Å². The van der Waals surface area contributed by atoms with Crippen LogP contribution in [-0.2, 0) is 0 Å². The standard InChI is InChI=1S/C51H34N4S/c1-5-15-35(16-6-1)36-25-29-41(30-26-36)55(40-21-11-4-12-22-40)42-31-27-37(28-32-42)43-33-34-45(47-44-23-13-14-24-46(44)56-48(43)47)51-53-49(38-17-7-2-8-18-38)52-50(54-51)39-19-9-3-10-20-39/h1-34H. The summed E-state index contributed by atoms with van der Waals surface area (Å²) in [5.41, 5.74) is 10.9. The minimum absolute atomic E-state index is 0.652. The minimum atomic E-state index is 0.652. The molecule has 4 nitrogen and oxygen atoms in total. The lowest BCUT2D eigenvalue weighted by Crippen LogP contribution is -2.09. The fourth-order valence-corrected chi connectivity index (χ4v) is 8.68. The van der Waals surface area contributed by atoms with Crippen LogP contribution in [0, 0.1) is 0 Å². The van der Waals surface area contributed by atoms with Crippen molar-refractivity contribution >= 4 is 48.6 Å². The first-order chi connectivity index (χ1) is 27.8. The summed E-state index contributed by atoms with van der Waals surface area (Å²) < 4.78 is 2.43. The molecule has 56 heavy (non-hydrogen) atoms. The van der Waals surface area contributed by atoms with Gasteiger partial charge in [-0.25, -0.2) is 15.0 Å². The fraction of sp³-hybridized carbons (Fsp3) is 0. The highest BCUT2D eigenvalue weighted by Crippen LogP contribution is 2.45. The average molecular weight is 735 g/mol. The van der Waals surface area contributed by atoms with Gasteiger partial charge in [0.2, 0.25) is 0 Å². The molecule has 0 aliphatic carbocycles. The quantitative estimate of drug-likeness (QED) is 0.156. The monoisotopic (exact) mass is 734 g/mol. The number of nitrogens with zero attached hydrogens (tertiary/aromatic N) is 4. The maximum Gasteiger partial charge on any atom is 0.164 e. The molecule has 5 heteroatoms. The van der Waals surface area contributed by atoms with Crippen molar-refractivity contribution in [1.82, 2.24) is 15.0 Å². The summed E-state index contributed by atoms with van der Waals surface area (Å²) in [5.74, 6) is 1.96. The van der Waals surface area contributed by atoms with Gasteiger partial charge >= 0.3 is 0 Å². The smallest absolute Gasteiger partial charge is 0.164 e. The zero-order valence-electron chi connectivity index (χ0n) is 30.3. The molecule has 0 aliphatic heterocycles. The molecule has 0 fully saturated rings. The number of para-hydroxylation sites is 1. The average Bonchev–Trinajstić information content (AvgIpc) is 3.68. The van der Waals surface area contributed by atoms with Gasteiger partial charge in [-0.2, -0.15) is 0 Å². The van der Waals surface area contributed by atoms with Gasteiger partial charge in [-0.3, -0.25) is 0 Å². The molecule has 0 unspecified atom stereocenters. The van der Waals surface area contributed by atoms with Crippen LogP contribution in [0.25, 0.3) is 76.6 Å². The summed E-state index contributed by atoms with van der Waals surface area (Å²) in [6, 6.07) is 72.2. The fourth-order valence-electron chi connectivity index (χ4n) is 7.42. The van der Waals surface area contributed by atoms with Crippen LogP contribution in [-0.4, -0.2) is 15.0 Å². The van der Waals surface area contributed by atoms with E-state index in [-0.39, 0.29) is 0 Å². The van der Waals surface area contributed by atoms with Crippen LogP contribution < -0.4 is 4.90 Å². The molecule has 0 atom stereocenters. The van der Waals surface area contributed by atoms with E-state index in [0.717, 1.165) is 44.7 Å². The Bertz CT molecular complexity index is 2870. The molecule has 0 spiro atoms. The van der Waals surface area contributed by atoms with E-state index in [1.54, 1.807) is 0 Å². The Hall–Kier alpha value is -7.21. The van der Waals surface area contributed by atoms with Crippen molar-refractivity contribution in [3.05, 3.63) is 206 Å². The number of rotatable bonds is 8. The molecule has 2 heterocycles. The summed E-state index contributed by atoms with van der Waals surface area (Å²) in [6.45, 7) is 0. The number of hydrogen-bond donors (Lipinski definition) is 0. The van der Waals surface area contributed by atoms with Gasteiger partial charge in [-0.15, -0.1) is 11.3 Å². The van der Waals surface area contributed by atoms with Crippen LogP contribution in [0.2, 0.25) is 0 Å². The number of fused-ring (bicyclic) bond motifs is 3. The van der Waals surface area contributed by atoms with Gasteiger partial charge < -0.3 is 4.90 Å². The summed E-state index contributed by atoms with van der Waals surface area (Å²) in [7, 11) is 0. The van der Waals surface area contributed by atoms with Crippen LogP contribution in [0.15, 0.2) is 206 Å². The predicted molar refractivity (Wildman–Crippen MR) is 235 cm³/mol. The molecular formula is C51H34N4S. The first-order valence-corrected chi connectivity index (χ1v) is 19.5. The van der Waals surface area contributed by atoms with E-state index in [4.69, 9.17) is 15.0 Å². The molecule has 10 rings (SSSR count). The minimum Gasteiger partial charge on any atom is -0.311 e. The Morgan fingerprint density at radius 3 is 1.34 bits per heavy atom. The van der Waals surface area contributed by atoms with Crippen molar-refractivity contribution in [2.75, 3.05) is 4.90 Å². The molecule has 0 amide bonds. The van der Waals surface area contributed by atoms with E-state index in [9.17, 15) is 0 Å². The van der Waals surface area contributed by atoms with Crippen LogP contribution in [0.4, 0.5) is 17.1 Å². The van der Waals surface area contributed by atoms with Gasteiger partial charge in [0.1, 0.15) is 0 Å². The van der Waals surface area contributed by atoms with Crippen molar-refractivity contribution in [2.24, 2.45) is 0 Å². The Kier molecular flexibility index (Phi) is 8.67. The van der Waals surface area contributed by atoms with Crippen molar-refractivity contribution in [3.8, 4) is 56.4 Å². The molecule has 0 bridgehead atoms. The van der Waals surface area contributed by atoms with Gasteiger partial charge in [-0.1, -0.05) is 158 Å². The van der Waals surface area contributed by atoms with Gasteiger partial charge in [0.25, 0.3) is 0 Å². The number of aromatic nitrogens is 3. The van der Waals surface area contributed by atoms with Crippen molar-refractivity contribution in [1.29, 1.82) is 0 Å². The van der Waals surface area contributed by atoms with E-state index in [1.807, 2.05) is 47.7 Å². The highest BCUT2D eigenvalue weighted by atomic mass is 32.1. The van der Waals surface area contributed by atoms with Crippen molar-refractivity contribution in [2.45, 2.75) is 0 Å². The number of thiophene rings is 1. The second-order valence-electron chi connectivity index (χ2n) is 13.6. The number of hydrogen-bond acceptors (Lipinski definition) is 5. The molecule has 8 aromatic carbocycles. The molecule has 0 saturated carbocycles. The normalized spacial score (nSPS) is 11.2. The third kappa shape index (κ3) is 6.30. The molecule has 2 aromatic heterocycles. The third-order valence-corrected chi connectivity index (χ3v) is 11.4. The van der Waals surface area contributed by atoms with E-state index < -0.39 is 0 Å². The van der Waals surface area contributed by atoms with Gasteiger partial charge in [0, 0.05) is 53.9 Å². The van der Waals surface area contributed by atoms with E-state index in [2.05, 4.69) is 175 Å². The maximum atomic E-state index is 5.13. The van der Waals surface area contributed by atoms with Crippen molar-refractivity contribution < 1.29 is 0 Å². The number of benzene rings is 8. The topological polar surface area (TPSA) is 41.9 Å². The summed E-state index contributed by atoms with van der Waals surface area (Å²) in [4.78, 5) is 17.5. The lowest BCUT2D eigenvalue weighted by Gasteiger charge is -2.26. The van der Waals surface area contributed by atoms with Crippen LogP contribution >= 0.6 is 11.3 Å². The zero-order chi connectivity index (χ0) is 37.3. The Balaban J connectivity index is 1.09. The SMILES string of the molecule is c1ccc(-c2ccc(N(c3ccccc3)c3ccc(-c4ccc(-c5nc(-c6ccccc6)nc(-c6ccccc6)n5)c5c4sc4ccccc45)cc3)cc2)cc1. The summed E-state index contributed by atoms with van der Waals surface area (Å²) in [5, 5.41) is 2.35. The van der Waals surface area contributed by atoms with Gasteiger partial charge in [-0.05, 0) is 70.8 Å². The third-order valence-electron chi connectivity index (χ3n) is 10.1. The Labute approximate surface area is 329 Å². The molecule has 0 saturated heterocycles. The molecular weight excluding hydrogens is 701 g/mol. The number of anilines is 3. The lowest BCUT2D eigenvalue weighted by atomic mass is 9.98. The highest BCUT2D eigenvalue weighted by molar-refractivity contribution is 7.26. The maximum absolute atomic E-state index is 5.13. The molecule has 0 radical (unpaired) electrons.